The Morgan fingerprint density at radius 1 is 1.07 bits per heavy atom. The quantitative estimate of drug-likeness (QED) is 0.470. The fraction of sp³-hybridized carbons (Fsp3) is 0.238. The highest BCUT2D eigenvalue weighted by molar-refractivity contribution is 7.99. The minimum atomic E-state index is 0.517. The second kappa shape index (κ2) is 9.02. The van der Waals surface area contributed by atoms with Crippen LogP contribution in [0.2, 0.25) is 0 Å². The number of nitrogens with two attached hydrogens (primary N) is 1. The van der Waals surface area contributed by atoms with Crippen molar-refractivity contribution >= 4 is 34.8 Å². The third-order valence-electron chi connectivity index (χ3n) is 4.54. The van der Waals surface area contributed by atoms with Gasteiger partial charge in [0.1, 0.15) is 5.03 Å². The van der Waals surface area contributed by atoms with E-state index in [0.717, 1.165) is 47.6 Å². The summed E-state index contributed by atoms with van der Waals surface area (Å²) in [6.07, 6.45) is 1.68. The van der Waals surface area contributed by atoms with Gasteiger partial charge in [0.2, 0.25) is 5.95 Å². The minimum absolute atomic E-state index is 0.517. The van der Waals surface area contributed by atoms with E-state index in [1.54, 1.807) is 13.3 Å². The molecular weight excluding hydrogens is 386 g/mol. The summed E-state index contributed by atoms with van der Waals surface area (Å²) in [5, 5.41) is 4.00. The van der Waals surface area contributed by atoms with Crippen LogP contribution >= 0.6 is 11.8 Å². The summed E-state index contributed by atoms with van der Waals surface area (Å²) < 4.78 is 10.8. The van der Waals surface area contributed by atoms with Gasteiger partial charge in [-0.05, 0) is 48.5 Å². The van der Waals surface area contributed by atoms with Crippen molar-refractivity contribution in [1.29, 1.82) is 0 Å². The molecular formula is C21H23N5O2S. The van der Waals surface area contributed by atoms with Gasteiger partial charge in [0.05, 0.1) is 26.5 Å². The van der Waals surface area contributed by atoms with Crippen molar-refractivity contribution in [3.8, 4) is 5.75 Å². The van der Waals surface area contributed by atoms with Crippen molar-refractivity contribution in [1.82, 2.24) is 9.97 Å². The molecule has 1 aliphatic heterocycles. The molecule has 1 saturated heterocycles. The van der Waals surface area contributed by atoms with Gasteiger partial charge in [-0.25, -0.2) is 9.97 Å². The Morgan fingerprint density at radius 2 is 1.79 bits per heavy atom. The number of hydrogen-bond acceptors (Lipinski definition) is 8. The molecule has 2 heterocycles. The molecule has 7 nitrogen and oxygen atoms in total. The molecule has 0 atom stereocenters. The van der Waals surface area contributed by atoms with E-state index in [-0.39, 0.29) is 0 Å². The summed E-state index contributed by atoms with van der Waals surface area (Å²) in [6, 6.07) is 15.9. The van der Waals surface area contributed by atoms with E-state index in [4.69, 9.17) is 15.2 Å². The highest BCUT2D eigenvalue weighted by atomic mass is 32.2. The molecule has 29 heavy (non-hydrogen) atoms. The van der Waals surface area contributed by atoms with Gasteiger partial charge >= 0.3 is 0 Å². The monoisotopic (exact) mass is 409 g/mol. The predicted molar refractivity (Wildman–Crippen MR) is 116 cm³/mol. The van der Waals surface area contributed by atoms with E-state index in [1.807, 2.05) is 36.4 Å². The van der Waals surface area contributed by atoms with Gasteiger partial charge in [0, 0.05) is 35.0 Å². The zero-order valence-corrected chi connectivity index (χ0v) is 17.0. The predicted octanol–water partition coefficient (Wildman–Crippen LogP) is 3.80. The fourth-order valence-corrected chi connectivity index (χ4v) is 3.85. The summed E-state index contributed by atoms with van der Waals surface area (Å²) in [7, 11) is 1.61. The van der Waals surface area contributed by atoms with Crippen molar-refractivity contribution in [3.63, 3.8) is 0 Å². The summed E-state index contributed by atoms with van der Waals surface area (Å²) in [6.45, 7) is 3.38. The van der Waals surface area contributed by atoms with Gasteiger partial charge in [-0.2, -0.15) is 0 Å². The number of nitrogen functional groups attached to an aromatic ring is 1. The van der Waals surface area contributed by atoms with Crippen LogP contribution < -0.4 is 20.7 Å². The van der Waals surface area contributed by atoms with Crippen LogP contribution in [0.1, 0.15) is 0 Å². The number of ether oxygens (including phenoxy) is 2. The Bertz CT molecular complexity index is 944. The molecule has 0 spiro atoms. The Balaban J connectivity index is 1.48. The lowest BCUT2D eigenvalue weighted by Gasteiger charge is -2.28. The molecule has 0 amide bonds. The highest BCUT2D eigenvalue weighted by Gasteiger charge is 2.12. The molecule has 3 aromatic rings. The van der Waals surface area contributed by atoms with Crippen LogP contribution in [0.4, 0.5) is 23.0 Å². The average molecular weight is 410 g/mol. The van der Waals surface area contributed by atoms with E-state index in [0.29, 0.717) is 11.7 Å². The molecule has 1 aromatic heterocycles. The van der Waals surface area contributed by atoms with Gasteiger partial charge in [0.25, 0.3) is 0 Å². The van der Waals surface area contributed by atoms with Gasteiger partial charge in [-0.1, -0.05) is 11.8 Å². The van der Waals surface area contributed by atoms with Crippen molar-refractivity contribution < 1.29 is 9.47 Å². The van der Waals surface area contributed by atoms with Crippen LogP contribution in [0.25, 0.3) is 0 Å². The lowest BCUT2D eigenvalue weighted by Crippen LogP contribution is -2.36. The number of nitrogens with one attached hydrogen (secondary N) is 1. The van der Waals surface area contributed by atoms with E-state index in [1.165, 1.54) is 17.4 Å². The maximum atomic E-state index is 5.77. The smallest absolute Gasteiger partial charge is 0.228 e. The van der Waals surface area contributed by atoms with E-state index in [2.05, 4.69) is 32.3 Å². The second-order valence-corrected chi connectivity index (χ2v) is 7.57. The number of hydrogen-bond donors (Lipinski definition) is 2. The number of nitrogens with zero attached hydrogens (tertiary/aromatic N) is 3. The Hall–Kier alpha value is -2.97. The van der Waals surface area contributed by atoms with Gasteiger partial charge < -0.3 is 25.4 Å². The Labute approximate surface area is 174 Å². The first-order valence-corrected chi connectivity index (χ1v) is 10.2. The first-order chi connectivity index (χ1) is 14.2. The van der Waals surface area contributed by atoms with E-state index < -0.39 is 0 Å². The number of morpholine rings is 1. The van der Waals surface area contributed by atoms with Gasteiger partial charge in [-0.15, -0.1) is 0 Å². The lowest BCUT2D eigenvalue weighted by molar-refractivity contribution is 0.122. The maximum absolute atomic E-state index is 5.77. The third kappa shape index (κ3) is 4.90. The largest absolute Gasteiger partial charge is 0.492 e. The van der Waals surface area contributed by atoms with Crippen LogP contribution in [0.15, 0.2) is 64.6 Å². The molecule has 1 fully saturated rings. The molecule has 4 rings (SSSR count). The van der Waals surface area contributed by atoms with E-state index >= 15 is 0 Å². The van der Waals surface area contributed by atoms with Crippen LogP contribution in [-0.4, -0.2) is 43.4 Å². The Morgan fingerprint density at radius 3 is 2.48 bits per heavy atom. The second-order valence-electron chi connectivity index (χ2n) is 6.51. The molecule has 1 aliphatic rings. The topological polar surface area (TPSA) is 85.5 Å². The van der Waals surface area contributed by atoms with Crippen LogP contribution in [0.3, 0.4) is 0 Å². The summed E-state index contributed by atoms with van der Waals surface area (Å²) in [5.41, 5.74) is 8.61. The summed E-state index contributed by atoms with van der Waals surface area (Å²) >= 11 is 1.50. The number of methoxy groups -OCH3 is 1. The molecule has 0 saturated carbocycles. The standard InChI is InChI=1S/C21H23N5O2S/c1-27-19-14-23-21(25-20(19)29-18-8-2-15(22)3-9-18)24-16-4-6-17(7-5-16)26-10-12-28-13-11-26/h2-9,14H,10-13,22H2,1H3,(H,23,24,25). The minimum Gasteiger partial charge on any atom is -0.492 e. The number of anilines is 4. The van der Waals surface area contributed by atoms with Crippen LogP contribution in [-0.2, 0) is 4.74 Å². The molecule has 0 radical (unpaired) electrons. The molecule has 2 aromatic carbocycles. The van der Waals surface area contributed by atoms with Crippen molar-refractivity contribution in [2.75, 3.05) is 49.4 Å². The average Bonchev–Trinajstić information content (AvgIpc) is 2.77. The maximum Gasteiger partial charge on any atom is 0.228 e. The number of benzene rings is 2. The first-order valence-electron chi connectivity index (χ1n) is 9.35. The van der Waals surface area contributed by atoms with Gasteiger partial charge in [-0.3, -0.25) is 0 Å². The van der Waals surface area contributed by atoms with Crippen molar-refractivity contribution in [2.24, 2.45) is 0 Å². The van der Waals surface area contributed by atoms with Gasteiger partial charge in [0.15, 0.2) is 5.75 Å². The molecule has 0 bridgehead atoms. The lowest BCUT2D eigenvalue weighted by atomic mass is 10.2. The van der Waals surface area contributed by atoms with Crippen molar-refractivity contribution in [2.45, 2.75) is 9.92 Å². The van der Waals surface area contributed by atoms with Crippen LogP contribution in [0.5, 0.6) is 5.75 Å². The third-order valence-corrected chi connectivity index (χ3v) is 5.53. The molecule has 0 aliphatic carbocycles. The normalized spacial score (nSPS) is 13.9. The molecule has 3 N–H and O–H groups in total. The highest BCUT2D eigenvalue weighted by Crippen LogP contribution is 2.34. The first kappa shape index (κ1) is 19.4. The zero-order valence-electron chi connectivity index (χ0n) is 16.2. The SMILES string of the molecule is COc1cnc(Nc2ccc(N3CCOCC3)cc2)nc1Sc1ccc(N)cc1. The molecule has 0 unspecified atom stereocenters. The number of aromatic nitrogens is 2. The molecule has 150 valence electrons. The summed E-state index contributed by atoms with van der Waals surface area (Å²) in [5.74, 6) is 1.14. The fourth-order valence-electron chi connectivity index (χ4n) is 2.98. The van der Waals surface area contributed by atoms with E-state index in [9.17, 15) is 0 Å². The van der Waals surface area contributed by atoms with Crippen LogP contribution in [0, 0.1) is 0 Å². The summed E-state index contributed by atoms with van der Waals surface area (Å²) in [4.78, 5) is 12.3. The number of rotatable bonds is 6. The zero-order chi connectivity index (χ0) is 20.1. The van der Waals surface area contributed by atoms with Crippen molar-refractivity contribution in [3.05, 3.63) is 54.7 Å². The Kier molecular flexibility index (Phi) is 6.02. The molecule has 8 heteroatoms.